The summed E-state index contributed by atoms with van der Waals surface area (Å²) in [6, 6.07) is 0. The molecular weight excluding hydrogens is 279 g/mol. The number of alkyl halides is 1. The lowest BCUT2D eigenvalue weighted by Crippen LogP contribution is -2.54. The Morgan fingerprint density at radius 2 is 1.59 bits per heavy atom. The Labute approximate surface area is 133 Å². The fourth-order valence-electron chi connectivity index (χ4n) is 7.18. The first-order chi connectivity index (χ1) is 10.4. The van der Waals surface area contributed by atoms with Crippen LogP contribution in [0.3, 0.4) is 0 Å². The molecule has 0 saturated heterocycles. The highest BCUT2D eigenvalue weighted by Crippen LogP contribution is 2.66. The van der Waals surface area contributed by atoms with Gasteiger partial charge in [0.05, 0.1) is 12.2 Å². The van der Waals surface area contributed by atoms with E-state index in [1.165, 1.54) is 12.8 Å². The van der Waals surface area contributed by atoms with E-state index in [1.807, 2.05) is 0 Å². The normalized spacial score (nSPS) is 61.2. The molecule has 4 aliphatic rings. The molecule has 0 bridgehead atoms. The van der Waals surface area contributed by atoms with Crippen LogP contribution < -0.4 is 0 Å². The fourth-order valence-corrected chi connectivity index (χ4v) is 7.18. The molecule has 0 aromatic carbocycles. The minimum atomic E-state index is -1.02. The van der Waals surface area contributed by atoms with E-state index in [0.29, 0.717) is 35.5 Å². The van der Waals surface area contributed by atoms with E-state index < -0.39 is 12.3 Å². The van der Waals surface area contributed by atoms with Crippen LogP contribution >= 0.6 is 0 Å². The smallest absolute Gasteiger partial charge is 0.127 e. The molecular formula is C19H31FO2. The Kier molecular flexibility index (Phi) is 3.44. The van der Waals surface area contributed by atoms with Gasteiger partial charge < -0.3 is 10.2 Å². The second-order valence-corrected chi connectivity index (χ2v) is 9.33. The molecule has 126 valence electrons. The first kappa shape index (κ1) is 15.4. The van der Waals surface area contributed by atoms with Crippen LogP contribution in [-0.4, -0.2) is 28.6 Å². The largest absolute Gasteiger partial charge is 0.393 e. The van der Waals surface area contributed by atoms with Gasteiger partial charge in [-0.2, -0.15) is 0 Å². The van der Waals surface area contributed by atoms with Crippen LogP contribution in [0, 0.1) is 34.5 Å². The van der Waals surface area contributed by atoms with Crippen molar-refractivity contribution < 1.29 is 14.6 Å². The molecule has 0 aromatic rings. The minimum absolute atomic E-state index is 0.105. The quantitative estimate of drug-likeness (QED) is 0.716. The zero-order chi connectivity index (χ0) is 15.7. The van der Waals surface area contributed by atoms with E-state index in [2.05, 4.69) is 13.8 Å². The lowest BCUT2D eigenvalue weighted by atomic mass is 9.45. The summed E-state index contributed by atoms with van der Waals surface area (Å²) in [5.41, 5.74) is 0.140. The molecule has 22 heavy (non-hydrogen) atoms. The second-order valence-electron chi connectivity index (χ2n) is 9.33. The Bertz CT molecular complexity index is 455. The lowest BCUT2D eigenvalue weighted by molar-refractivity contribution is -0.134. The number of rotatable bonds is 0. The molecule has 0 aliphatic heterocycles. The zero-order valence-electron chi connectivity index (χ0n) is 14.0. The van der Waals surface area contributed by atoms with E-state index in [4.69, 9.17) is 0 Å². The van der Waals surface area contributed by atoms with Crippen molar-refractivity contribution in [1.82, 2.24) is 0 Å². The van der Waals surface area contributed by atoms with Gasteiger partial charge in [-0.15, -0.1) is 0 Å². The summed E-state index contributed by atoms with van der Waals surface area (Å²) >= 11 is 0. The highest BCUT2D eigenvalue weighted by Gasteiger charge is 2.62. The van der Waals surface area contributed by atoms with Crippen LogP contribution in [0.25, 0.3) is 0 Å². The predicted octanol–water partition coefficient (Wildman–Crippen LogP) is 3.70. The van der Waals surface area contributed by atoms with E-state index >= 15 is 0 Å². The topological polar surface area (TPSA) is 40.5 Å². The standard InChI is InChI=1S/C19H31FO2/c1-18-7-5-12(21)9-11(18)3-4-13-14(18)6-8-19(2)15(13)10-16(20)17(19)22/h11-17,21-22H,3-10H2,1-2H3/t11?,12?,13-,14-,15+,16?,17?,18+,19+/m1/s1. The third-order valence-corrected chi connectivity index (χ3v) is 8.57. The van der Waals surface area contributed by atoms with Crippen molar-refractivity contribution in [3.8, 4) is 0 Å². The molecule has 0 aromatic heterocycles. The van der Waals surface area contributed by atoms with Gasteiger partial charge in [-0.25, -0.2) is 4.39 Å². The number of hydrogen-bond donors (Lipinski definition) is 2. The van der Waals surface area contributed by atoms with Crippen LogP contribution in [0.5, 0.6) is 0 Å². The summed E-state index contributed by atoms with van der Waals surface area (Å²) in [4.78, 5) is 0. The van der Waals surface area contributed by atoms with Crippen LogP contribution in [0.4, 0.5) is 4.39 Å². The van der Waals surface area contributed by atoms with E-state index in [-0.39, 0.29) is 11.5 Å². The van der Waals surface area contributed by atoms with Crippen LogP contribution in [0.2, 0.25) is 0 Å². The summed E-state index contributed by atoms with van der Waals surface area (Å²) in [6.45, 7) is 4.58. The average molecular weight is 310 g/mol. The summed E-state index contributed by atoms with van der Waals surface area (Å²) in [5, 5.41) is 20.4. The summed E-state index contributed by atoms with van der Waals surface area (Å²) in [7, 11) is 0. The molecule has 2 nitrogen and oxygen atoms in total. The van der Waals surface area contributed by atoms with Gasteiger partial charge in [0.1, 0.15) is 6.17 Å². The molecule has 4 rings (SSSR count). The highest BCUT2D eigenvalue weighted by atomic mass is 19.1. The van der Waals surface area contributed by atoms with Crippen molar-refractivity contribution >= 4 is 0 Å². The molecule has 3 heteroatoms. The van der Waals surface area contributed by atoms with Crippen molar-refractivity contribution in [1.29, 1.82) is 0 Å². The maximum absolute atomic E-state index is 14.2. The number of halogens is 1. The Morgan fingerprint density at radius 1 is 0.864 bits per heavy atom. The number of fused-ring (bicyclic) bond motifs is 5. The summed E-state index contributed by atoms with van der Waals surface area (Å²) in [5.74, 6) is 2.27. The van der Waals surface area contributed by atoms with E-state index in [1.54, 1.807) is 0 Å². The number of aliphatic hydroxyl groups excluding tert-OH is 2. The maximum Gasteiger partial charge on any atom is 0.127 e. The van der Waals surface area contributed by atoms with Crippen molar-refractivity contribution in [2.45, 2.75) is 83.6 Å². The highest BCUT2D eigenvalue weighted by molar-refractivity contribution is 5.11. The van der Waals surface area contributed by atoms with Gasteiger partial charge in [0.25, 0.3) is 0 Å². The average Bonchev–Trinajstić information content (AvgIpc) is 2.72. The Morgan fingerprint density at radius 3 is 2.36 bits per heavy atom. The molecule has 0 heterocycles. The van der Waals surface area contributed by atoms with E-state index in [9.17, 15) is 14.6 Å². The number of aliphatic hydroxyl groups is 2. The van der Waals surface area contributed by atoms with Crippen molar-refractivity contribution in [2.75, 3.05) is 0 Å². The van der Waals surface area contributed by atoms with Gasteiger partial charge in [-0.1, -0.05) is 13.8 Å². The molecule has 4 unspecified atom stereocenters. The molecule has 4 aliphatic carbocycles. The molecule has 4 saturated carbocycles. The third kappa shape index (κ3) is 1.90. The van der Waals surface area contributed by atoms with Gasteiger partial charge in [0.2, 0.25) is 0 Å². The lowest BCUT2D eigenvalue weighted by Gasteiger charge is -2.60. The van der Waals surface area contributed by atoms with Gasteiger partial charge >= 0.3 is 0 Å². The zero-order valence-corrected chi connectivity index (χ0v) is 14.0. The molecule has 0 radical (unpaired) electrons. The molecule has 0 spiro atoms. The minimum Gasteiger partial charge on any atom is -0.393 e. The SMILES string of the molecule is C[C@]12CCC(O)CC1CC[C@@H]1[C@H]2CC[C@]2(C)C(O)C(F)C[C@@H]12. The molecule has 9 atom stereocenters. The van der Waals surface area contributed by atoms with E-state index in [0.717, 1.165) is 32.1 Å². The third-order valence-electron chi connectivity index (χ3n) is 8.57. The molecule has 0 amide bonds. The fraction of sp³-hybridized carbons (Fsp3) is 1.00. The van der Waals surface area contributed by atoms with Crippen molar-refractivity contribution in [3.05, 3.63) is 0 Å². The predicted molar refractivity (Wildman–Crippen MR) is 84.0 cm³/mol. The van der Waals surface area contributed by atoms with Gasteiger partial charge in [0, 0.05) is 0 Å². The molecule has 4 fully saturated rings. The van der Waals surface area contributed by atoms with Crippen LogP contribution in [0.15, 0.2) is 0 Å². The summed E-state index contributed by atoms with van der Waals surface area (Å²) in [6.07, 6.45) is 6.22. The number of hydrogen-bond acceptors (Lipinski definition) is 2. The summed E-state index contributed by atoms with van der Waals surface area (Å²) < 4.78 is 14.2. The first-order valence-electron chi connectivity index (χ1n) is 9.36. The van der Waals surface area contributed by atoms with Gasteiger partial charge in [0.15, 0.2) is 0 Å². The van der Waals surface area contributed by atoms with Crippen molar-refractivity contribution in [3.63, 3.8) is 0 Å². The van der Waals surface area contributed by atoms with Crippen molar-refractivity contribution in [2.24, 2.45) is 34.5 Å². The van der Waals surface area contributed by atoms with Crippen LogP contribution in [-0.2, 0) is 0 Å². The Balaban J connectivity index is 1.63. The van der Waals surface area contributed by atoms with Gasteiger partial charge in [-0.05, 0) is 85.9 Å². The molecule has 2 N–H and O–H groups in total. The van der Waals surface area contributed by atoms with Gasteiger partial charge in [-0.3, -0.25) is 0 Å². The first-order valence-corrected chi connectivity index (χ1v) is 9.36. The second kappa shape index (κ2) is 4.92. The monoisotopic (exact) mass is 310 g/mol. The maximum atomic E-state index is 14.2. The Hall–Kier alpha value is -0.150. The van der Waals surface area contributed by atoms with Crippen LogP contribution in [0.1, 0.15) is 65.2 Å².